The quantitative estimate of drug-likeness (QED) is 0.0641. The van der Waals surface area contributed by atoms with Gasteiger partial charge in [-0.05, 0) is 129 Å². The van der Waals surface area contributed by atoms with Crippen molar-refractivity contribution in [2.24, 2.45) is 47.2 Å². The normalized spacial score (nSPS) is 33.9. The number of allylic oxidation sites excluding steroid dienone is 3. The Hall–Kier alpha value is -3.06. The minimum absolute atomic E-state index is 0.000470. The molecule has 0 unspecified atom stereocenters. The number of rotatable bonds is 11. The van der Waals surface area contributed by atoms with Gasteiger partial charge in [-0.2, -0.15) is 0 Å². The van der Waals surface area contributed by atoms with E-state index in [9.17, 15) is 30.6 Å². The lowest BCUT2D eigenvalue weighted by atomic mass is 9.70. The van der Waals surface area contributed by atoms with Crippen molar-refractivity contribution in [2.75, 3.05) is 31.2 Å². The summed E-state index contributed by atoms with van der Waals surface area (Å²) >= 11 is 0. The molecule has 3 heterocycles. The lowest BCUT2D eigenvalue weighted by Gasteiger charge is -2.36. The number of fused-ring (bicyclic) bond motifs is 5. The summed E-state index contributed by atoms with van der Waals surface area (Å²) in [6.07, 6.45) is 14.4. The molecule has 4 aliphatic carbocycles. The Bertz CT molecular complexity index is 2080. The Morgan fingerprint density at radius 1 is 0.970 bits per heavy atom. The number of ether oxygens (including phenoxy) is 1. The van der Waals surface area contributed by atoms with E-state index >= 15 is 0 Å². The van der Waals surface area contributed by atoms with Gasteiger partial charge in [0.25, 0.3) is 0 Å². The summed E-state index contributed by atoms with van der Waals surface area (Å²) in [5, 5.41) is 77.2. The summed E-state index contributed by atoms with van der Waals surface area (Å²) in [5.41, 5.74) is 13.0. The highest BCUT2D eigenvalue weighted by Gasteiger charge is 2.43. The van der Waals surface area contributed by atoms with Gasteiger partial charge in [0.1, 0.15) is 11.9 Å². The van der Waals surface area contributed by atoms with E-state index in [4.69, 9.17) is 10.5 Å². The summed E-state index contributed by atoms with van der Waals surface area (Å²) in [4.78, 5) is 3.37. The molecule has 2 aromatic rings. The minimum Gasteiger partial charge on any atom is -0.504 e. The predicted octanol–water partition coefficient (Wildman–Crippen LogP) is 6.84. The first kappa shape index (κ1) is 49.4. The zero-order chi connectivity index (χ0) is 46.3. The summed E-state index contributed by atoms with van der Waals surface area (Å²) in [7, 11) is 3.27. The Labute approximate surface area is 400 Å². The molecule has 11 N–H and O–H groups in total. The van der Waals surface area contributed by atoms with Crippen LogP contribution in [0.2, 0.25) is 0 Å². The highest BCUT2D eigenvalue weighted by molar-refractivity contribution is 8.76. The first-order valence-electron chi connectivity index (χ1n) is 25.2. The van der Waals surface area contributed by atoms with Crippen molar-refractivity contribution in [2.45, 2.75) is 146 Å². The number of nitrogens with one attached hydrogen (secondary N) is 3. The topological polar surface area (TPSA) is 196 Å². The van der Waals surface area contributed by atoms with Crippen LogP contribution in [0.4, 0.5) is 0 Å². The first-order valence-corrected chi connectivity index (χ1v) is 27.6. The fraction of sp³-hybridized carbons (Fsp3) is 0.660. The van der Waals surface area contributed by atoms with Crippen LogP contribution in [0.15, 0.2) is 65.2 Å². The van der Waals surface area contributed by atoms with E-state index < -0.39 is 36.3 Å². The summed E-state index contributed by atoms with van der Waals surface area (Å²) in [6.45, 7) is 5.30. The molecule has 13 heteroatoms. The van der Waals surface area contributed by atoms with E-state index in [1.165, 1.54) is 24.8 Å². The van der Waals surface area contributed by atoms with Gasteiger partial charge in [-0.25, -0.2) is 0 Å². The van der Waals surface area contributed by atoms with Crippen LogP contribution < -0.4 is 21.1 Å². The van der Waals surface area contributed by atoms with E-state index in [1.807, 2.05) is 24.4 Å². The second kappa shape index (κ2) is 23.0. The van der Waals surface area contributed by atoms with Gasteiger partial charge in [0, 0.05) is 84.3 Å². The molecule has 2 fully saturated rings. The van der Waals surface area contributed by atoms with E-state index in [1.54, 1.807) is 21.6 Å². The molecule has 8 rings (SSSR count). The van der Waals surface area contributed by atoms with Crippen LogP contribution in [-0.4, -0.2) is 103 Å². The number of hydrogen-bond donors (Lipinski definition) is 10. The maximum atomic E-state index is 12.3. The molecule has 6 aliphatic rings. The number of nitrogens with two attached hydrogens (primary N) is 1. The number of phenols is 1. The molecular formula is C53H76N4O7S2. The fourth-order valence-electron chi connectivity index (χ4n) is 12.1. The zero-order valence-electron chi connectivity index (χ0n) is 39.0. The molecule has 362 valence electrons. The van der Waals surface area contributed by atoms with Gasteiger partial charge in [0.2, 0.25) is 0 Å². The van der Waals surface area contributed by atoms with E-state index in [-0.39, 0.29) is 59.8 Å². The van der Waals surface area contributed by atoms with Crippen LogP contribution in [0.5, 0.6) is 11.5 Å². The third-order valence-corrected chi connectivity index (χ3v) is 18.4. The summed E-state index contributed by atoms with van der Waals surface area (Å²) < 4.78 is 6.90. The molecule has 13 atom stereocenters. The predicted molar refractivity (Wildman–Crippen MR) is 266 cm³/mol. The lowest BCUT2D eigenvalue weighted by Crippen LogP contribution is -2.42. The molecule has 2 aliphatic heterocycles. The maximum absolute atomic E-state index is 12.3. The number of aromatic amines is 1. The van der Waals surface area contributed by atoms with Crippen molar-refractivity contribution in [1.82, 2.24) is 15.6 Å². The number of benzene rings is 1. The van der Waals surface area contributed by atoms with E-state index in [0.29, 0.717) is 68.4 Å². The SMILES string of the molecule is CC[C@@H]1C#C[C@H]2C=C3[C@H](CC)Cc4cc(O)c(O[C@H]5C[C@@H](Cc6ccc[nH]6)C6=CCNC(N)=C6CSSC[C@H](CO)[C@@H]5O)cc4[C@@H]3C[C@@H](O)[C@H]2[C@@H](O)CC[C@@H](NC[C@H](O)C2CCCCC2)C1. The van der Waals surface area contributed by atoms with Crippen LogP contribution in [0.1, 0.15) is 114 Å². The van der Waals surface area contributed by atoms with Crippen molar-refractivity contribution in [3.8, 4) is 23.3 Å². The van der Waals surface area contributed by atoms with Crippen molar-refractivity contribution in [3.05, 3.63) is 82.0 Å². The third kappa shape index (κ3) is 11.5. The average Bonchev–Trinajstić information content (AvgIpc) is 3.78. The Kier molecular flexibility index (Phi) is 17.2. The Morgan fingerprint density at radius 2 is 1.80 bits per heavy atom. The molecule has 66 heavy (non-hydrogen) atoms. The Morgan fingerprint density at radius 3 is 2.56 bits per heavy atom. The largest absolute Gasteiger partial charge is 0.504 e. The van der Waals surface area contributed by atoms with Gasteiger partial charge in [0.15, 0.2) is 11.5 Å². The number of hydrogen-bond acceptors (Lipinski definition) is 12. The average molecular weight is 945 g/mol. The number of dihydropyridines is 1. The summed E-state index contributed by atoms with van der Waals surface area (Å²) in [5.74, 6) is 8.47. The second-order valence-electron chi connectivity index (χ2n) is 20.2. The monoisotopic (exact) mass is 945 g/mol. The van der Waals surface area contributed by atoms with Gasteiger partial charge < -0.3 is 56.7 Å². The molecule has 0 spiro atoms. The molecule has 1 saturated carbocycles. The zero-order valence-corrected chi connectivity index (χ0v) is 40.7. The highest BCUT2D eigenvalue weighted by atomic mass is 33.1. The number of aliphatic hydroxyl groups excluding tert-OH is 5. The van der Waals surface area contributed by atoms with E-state index in [2.05, 4.69) is 59.5 Å². The molecule has 11 nitrogen and oxygen atoms in total. The standard InChI is InChI=1S/C53H76N4O7S2/c1-3-31-12-13-34-22-41-32(4-2)20-35-23-46(60)49(26-42(35)43(41)25-47(61)51(34)45(59)15-14-39(19-31)57-27-48(62)33-9-6-5-7-10-33)64-50-24-36(21-38-11-8-17-55-38)40-16-18-56-53(54)44(40)30-66-65-29-37(28-58)52(50)63/h8,11,16-17,22-23,26,31-34,36-37,39,43,45,47-48,50-52,55-63H,3-7,9-10,14-15,18-21,24-25,27-30,54H2,1-2H3/t31-,32-,34+,36-,37+,39-,43-,45+,47-,48+,50+,51-,52+/m1/s1. The van der Waals surface area contributed by atoms with Crippen LogP contribution in [0, 0.1) is 53.3 Å². The van der Waals surface area contributed by atoms with Crippen molar-refractivity contribution >= 4 is 21.6 Å². The first-order chi connectivity index (χ1) is 32.0. The number of aliphatic hydroxyl groups is 5. The molecule has 0 amide bonds. The molecule has 1 saturated heterocycles. The highest BCUT2D eigenvalue weighted by Crippen LogP contribution is 2.51. The molecule has 1 aromatic heterocycles. The van der Waals surface area contributed by atoms with Crippen LogP contribution in [0.25, 0.3) is 0 Å². The van der Waals surface area contributed by atoms with Gasteiger partial charge >= 0.3 is 0 Å². The van der Waals surface area contributed by atoms with Crippen molar-refractivity contribution in [1.29, 1.82) is 0 Å². The minimum atomic E-state index is -1.04. The van der Waals surface area contributed by atoms with Gasteiger partial charge in [0.05, 0.1) is 24.4 Å². The third-order valence-electron chi connectivity index (χ3n) is 16.0. The number of aromatic hydroxyl groups is 1. The molecule has 1 aromatic carbocycles. The van der Waals surface area contributed by atoms with Crippen LogP contribution in [-0.2, 0) is 12.8 Å². The second-order valence-corrected chi connectivity index (χ2v) is 22.7. The summed E-state index contributed by atoms with van der Waals surface area (Å²) in [6, 6.07) is 7.90. The van der Waals surface area contributed by atoms with Gasteiger partial charge in [-0.1, -0.05) is 84.3 Å². The van der Waals surface area contributed by atoms with Crippen LogP contribution in [0.3, 0.4) is 0 Å². The smallest absolute Gasteiger partial charge is 0.161 e. The lowest BCUT2D eigenvalue weighted by molar-refractivity contribution is -0.0214. The maximum Gasteiger partial charge on any atom is 0.161 e. The van der Waals surface area contributed by atoms with Gasteiger partial charge in [-0.15, -0.1) is 0 Å². The van der Waals surface area contributed by atoms with Gasteiger partial charge in [-0.3, -0.25) is 0 Å². The Balaban J connectivity index is 1.09. The fourth-order valence-corrected chi connectivity index (χ4v) is 14.6. The number of phenolic OH excluding ortho intramolecular Hbond substituents is 1. The molecular weight excluding hydrogens is 869 g/mol. The van der Waals surface area contributed by atoms with Crippen molar-refractivity contribution < 1.29 is 35.4 Å². The van der Waals surface area contributed by atoms with Crippen LogP contribution >= 0.6 is 21.6 Å². The number of aromatic nitrogens is 1. The molecule has 0 bridgehead atoms. The van der Waals surface area contributed by atoms with Crippen molar-refractivity contribution in [3.63, 3.8) is 0 Å². The molecule has 0 radical (unpaired) electrons. The number of H-pyrrole nitrogens is 1. The van der Waals surface area contributed by atoms with E-state index in [0.717, 1.165) is 66.5 Å².